The van der Waals surface area contributed by atoms with Crippen LogP contribution in [0.3, 0.4) is 0 Å². The molecule has 1 saturated heterocycles. The van der Waals surface area contributed by atoms with Crippen LogP contribution in [0, 0.1) is 6.92 Å². The zero-order valence-electron chi connectivity index (χ0n) is 13.6. The number of carbonyl (C=O) groups is 3. The van der Waals surface area contributed by atoms with Gasteiger partial charge in [-0.3, -0.25) is 19.2 Å². The van der Waals surface area contributed by atoms with Crippen LogP contribution in [0.2, 0.25) is 0 Å². The van der Waals surface area contributed by atoms with E-state index in [0.29, 0.717) is 29.1 Å². The summed E-state index contributed by atoms with van der Waals surface area (Å²) in [5.74, 6) is -1.35. The summed E-state index contributed by atoms with van der Waals surface area (Å²) in [4.78, 5) is 37.4. The average Bonchev–Trinajstić information content (AvgIpc) is 2.93. The van der Waals surface area contributed by atoms with Crippen molar-refractivity contribution < 1.29 is 19.5 Å². The molecule has 2 atom stereocenters. The van der Waals surface area contributed by atoms with Crippen LogP contribution in [-0.4, -0.2) is 54.7 Å². The van der Waals surface area contributed by atoms with E-state index in [9.17, 15) is 19.5 Å². The number of β-lactam (4-membered cyclic amide) rings is 1. The monoisotopic (exact) mass is 350 g/mol. The van der Waals surface area contributed by atoms with Gasteiger partial charge in [0.05, 0.1) is 11.3 Å². The minimum absolute atomic E-state index is 0.0317. The predicted octanol–water partition coefficient (Wildman–Crippen LogP) is 0.584. The highest BCUT2D eigenvalue weighted by atomic mass is 32.2. The highest BCUT2D eigenvalue weighted by Gasteiger charge is 2.53. The zero-order chi connectivity index (χ0) is 17.6. The summed E-state index contributed by atoms with van der Waals surface area (Å²) in [7, 11) is 0. The number of aliphatic carboxylic acids is 1. The smallest absolute Gasteiger partial charge is 0.352 e. The van der Waals surface area contributed by atoms with E-state index in [1.165, 1.54) is 16.7 Å². The molecule has 24 heavy (non-hydrogen) atoms. The quantitative estimate of drug-likeness (QED) is 0.770. The molecule has 9 heteroatoms. The molecular weight excluding hydrogens is 332 g/mol. The van der Waals surface area contributed by atoms with Crippen molar-refractivity contribution in [2.45, 2.75) is 38.7 Å². The van der Waals surface area contributed by atoms with Gasteiger partial charge in [0.1, 0.15) is 17.1 Å². The highest BCUT2D eigenvalue weighted by molar-refractivity contribution is 8.00. The van der Waals surface area contributed by atoms with Crippen LogP contribution in [0.5, 0.6) is 0 Å². The van der Waals surface area contributed by atoms with Gasteiger partial charge in [0.25, 0.3) is 11.8 Å². The van der Waals surface area contributed by atoms with Crippen LogP contribution in [-0.2, 0) is 16.1 Å². The van der Waals surface area contributed by atoms with Gasteiger partial charge >= 0.3 is 5.97 Å². The first-order chi connectivity index (χ1) is 11.3. The van der Waals surface area contributed by atoms with Crippen LogP contribution >= 0.6 is 11.8 Å². The Morgan fingerprint density at radius 1 is 1.46 bits per heavy atom. The Labute approximate surface area is 142 Å². The topological polar surface area (TPSA) is 105 Å². The molecule has 1 fully saturated rings. The first kappa shape index (κ1) is 16.6. The molecule has 1 aromatic rings. The lowest BCUT2D eigenvalue weighted by Gasteiger charge is -2.49. The third-order valence-electron chi connectivity index (χ3n) is 4.16. The second kappa shape index (κ2) is 5.97. The predicted molar refractivity (Wildman–Crippen MR) is 87.3 cm³/mol. The molecule has 0 unspecified atom stereocenters. The normalized spacial score (nSPS) is 23.0. The van der Waals surface area contributed by atoms with Gasteiger partial charge in [0, 0.05) is 18.5 Å². The van der Waals surface area contributed by atoms with Gasteiger partial charge < -0.3 is 10.4 Å². The number of aryl methyl sites for hydroxylation is 2. The summed E-state index contributed by atoms with van der Waals surface area (Å²) >= 11 is 1.45. The SMILES string of the molecule is CCn1cc(C(=O)N[C@@H]2C(=O)N3C(C(=O)O)=C(C)CS[C@H]23)c(C)n1. The maximum atomic E-state index is 12.4. The molecule has 2 N–H and O–H groups in total. The molecule has 3 rings (SSSR count). The van der Waals surface area contributed by atoms with Crippen molar-refractivity contribution in [3.63, 3.8) is 0 Å². The molecule has 0 radical (unpaired) electrons. The van der Waals surface area contributed by atoms with Gasteiger partial charge in [0.15, 0.2) is 0 Å². The molecule has 8 nitrogen and oxygen atoms in total. The molecule has 0 bridgehead atoms. The first-order valence-electron chi connectivity index (χ1n) is 7.57. The molecule has 2 aliphatic heterocycles. The van der Waals surface area contributed by atoms with E-state index >= 15 is 0 Å². The Hall–Kier alpha value is -2.29. The number of nitrogens with one attached hydrogen (secondary N) is 1. The van der Waals surface area contributed by atoms with Gasteiger partial charge in [-0.25, -0.2) is 4.79 Å². The Bertz CT molecular complexity index is 770. The van der Waals surface area contributed by atoms with Gasteiger partial charge in [-0.2, -0.15) is 5.10 Å². The molecular formula is C15H18N4O4S. The standard InChI is InChI=1S/C15H18N4O4S/c1-4-18-5-9(8(3)17-18)12(20)16-10-13(21)19-11(15(22)23)7(2)6-24-14(10)19/h5,10,14H,4,6H2,1-3H3,(H,16,20)(H,22,23)/t10-,14-/m1/s1. The lowest BCUT2D eigenvalue weighted by molar-refractivity contribution is -0.148. The molecule has 128 valence electrons. The minimum atomic E-state index is -1.11. The summed E-state index contributed by atoms with van der Waals surface area (Å²) < 4.78 is 1.66. The number of thioether (sulfide) groups is 1. The highest BCUT2D eigenvalue weighted by Crippen LogP contribution is 2.40. The Kier molecular flexibility index (Phi) is 4.12. The molecule has 0 aliphatic carbocycles. The third kappa shape index (κ3) is 2.48. The van der Waals surface area contributed by atoms with E-state index in [0.717, 1.165) is 0 Å². The van der Waals surface area contributed by atoms with Gasteiger partial charge in [-0.1, -0.05) is 0 Å². The molecule has 0 aromatic carbocycles. The Morgan fingerprint density at radius 3 is 2.75 bits per heavy atom. The minimum Gasteiger partial charge on any atom is -0.477 e. The molecule has 3 heterocycles. The third-order valence-corrected chi connectivity index (χ3v) is 5.59. The van der Waals surface area contributed by atoms with Gasteiger partial charge in [-0.15, -0.1) is 11.8 Å². The second-order valence-corrected chi connectivity index (χ2v) is 6.88. The number of carboxylic acids is 1. The van der Waals surface area contributed by atoms with E-state index in [1.54, 1.807) is 24.7 Å². The van der Waals surface area contributed by atoms with Gasteiger partial charge in [-0.05, 0) is 26.3 Å². The summed E-state index contributed by atoms with van der Waals surface area (Å²) in [6, 6.07) is -0.714. The van der Waals surface area contributed by atoms with Gasteiger partial charge in [0.2, 0.25) is 0 Å². The number of rotatable bonds is 4. The summed E-state index contributed by atoms with van der Waals surface area (Å²) in [5.41, 5.74) is 1.71. The van der Waals surface area contributed by atoms with Crippen LogP contribution in [0.1, 0.15) is 29.9 Å². The number of amides is 2. The molecule has 2 aliphatic rings. The molecule has 1 aromatic heterocycles. The maximum absolute atomic E-state index is 12.4. The average molecular weight is 350 g/mol. The number of fused-ring (bicyclic) bond motifs is 1. The zero-order valence-corrected chi connectivity index (χ0v) is 14.4. The van der Waals surface area contributed by atoms with Crippen molar-refractivity contribution >= 4 is 29.5 Å². The summed E-state index contributed by atoms with van der Waals surface area (Å²) in [6.07, 6.45) is 1.65. The number of hydrogen-bond donors (Lipinski definition) is 2. The van der Waals surface area contributed by atoms with Crippen molar-refractivity contribution in [1.29, 1.82) is 0 Å². The van der Waals surface area contributed by atoms with Crippen molar-refractivity contribution in [1.82, 2.24) is 20.0 Å². The number of nitrogens with zero attached hydrogens (tertiary/aromatic N) is 3. The van der Waals surface area contributed by atoms with E-state index in [1.807, 2.05) is 6.92 Å². The first-order valence-corrected chi connectivity index (χ1v) is 8.62. The summed E-state index contributed by atoms with van der Waals surface area (Å²) in [5, 5.41) is 15.9. The molecule has 2 amide bonds. The van der Waals surface area contributed by atoms with E-state index in [-0.39, 0.29) is 17.0 Å². The lowest BCUT2D eigenvalue weighted by atomic mass is 10.0. The van der Waals surface area contributed by atoms with Crippen LogP contribution in [0.4, 0.5) is 0 Å². The van der Waals surface area contributed by atoms with Crippen molar-refractivity contribution in [3.05, 3.63) is 28.7 Å². The molecule has 0 spiro atoms. The number of aromatic nitrogens is 2. The lowest BCUT2D eigenvalue weighted by Crippen LogP contribution is -2.70. The van der Waals surface area contributed by atoms with E-state index < -0.39 is 17.9 Å². The van der Waals surface area contributed by atoms with Crippen LogP contribution in [0.25, 0.3) is 0 Å². The van der Waals surface area contributed by atoms with Crippen molar-refractivity contribution in [2.75, 3.05) is 5.75 Å². The number of carboxylic acid groups (broad SMARTS) is 1. The maximum Gasteiger partial charge on any atom is 0.352 e. The van der Waals surface area contributed by atoms with E-state index in [4.69, 9.17) is 0 Å². The summed E-state index contributed by atoms with van der Waals surface area (Å²) in [6.45, 7) is 6.01. The Morgan fingerprint density at radius 2 is 2.17 bits per heavy atom. The van der Waals surface area contributed by atoms with E-state index in [2.05, 4.69) is 10.4 Å². The second-order valence-electron chi connectivity index (χ2n) is 5.78. The number of carbonyl (C=O) groups excluding carboxylic acids is 2. The Balaban J connectivity index is 1.77. The largest absolute Gasteiger partial charge is 0.477 e. The fourth-order valence-corrected chi connectivity index (χ4v) is 4.19. The molecule has 0 saturated carbocycles. The van der Waals surface area contributed by atoms with Crippen LogP contribution < -0.4 is 5.32 Å². The van der Waals surface area contributed by atoms with Crippen molar-refractivity contribution in [3.8, 4) is 0 Å². The fraction of sp³-hybridized carbons (Fsp3) is 0.467. The van der Waals surface area contributed by atoms with Crippen LogP contribution in [0.15, 0.2) is 17.5 Å². The fourth-order valence-electron chi connectivity index (χ4n) is 2.90. The van der Waals surface area contributed by atoms with Crippen molar-refractivity contribution in [2.24, 2.45) is 0 Å². The number of hydrogen-bond acceptors (Lipinski definition) is 5.